The zero-order chi connectivity index (χ0) is 8.93. The quantitative estimate of drug-likeness (QED) is 0.557. The van der Waals surface area contributed by atoms with Crippen LogP contribution in [-0.2, 0) is 0 Å². The van der Waals surface area contributed by atoms with Gasteiger partial charge in [0, 0.05) is 19.4 Å². The third-order valence-corrected chi connectivity index (χ3v) is 3.23. The van der Waals surface area contributed by atoms with E-state index in [9.17, 15) is 0 Å². The maximum Gasteiger partial charge on any atom is 0.141 e. The molecule has 0 aromatic carbocycles. The van der Waals surface area contributed by atoms with Crippen molar-refractivity contribution in [2.24, 2.45) is 0 Å². The smallest absolute Gasteiger partial charge is 0.141 e. The Morgan fingerprint density at radius 2 is 2.15 bits per heavy atom. The first kappa shape index (κ1) is 9.22. The van der Waals surface area contributed by atoms with E-state index in [4.69, 9.17) is 0 Å². The molecule has 1 fully saturated rings. The van der Waals surface area contributed by atoms with Gasteiger partial charge in [0.2, 0.25) is 0 Å². The van der Waals surface area contributed by atoms with Crippen molar-refractivity contribution in [1.82, 2.24) is 5.32 Å². The molecule has 2 unspecified atom stereocenters. The summed E-state index contributed by atoms with van der Waals surface area (Å²) < 4.78 is 0. The molecule has 2 heteroatoms. The topological polar surface area (TPSA) is 16.5 Å². The summed E-state index contributed by atoms with van der Waals surface area (Å²) in [6, 6.07) is 0. The molecule has 0 spiro atoms. The molecule has 2 N–H and O–H groups in total. The van der Waals surface area contributed by atoms with Gasteiger partial charge in [-0.05, 0) is 18.9 Å². The van der Waals surface area contributed by atoms with Crippen LogP contribution in [0.1, 0.15) is 32.1 Å². The highest BCUT2D eigenvalue weighted by molar-refractivity contribution is 4.84. The predicted molar refractivity (Wildman–Crippen MR) is 54.7 cm³/mol. The maximum atomic E-state index is 3.68. The molecule has 2 atom stereocenters. The van der Waals surface area contributed by atoms with Gasteiger partial charge in [-0.1, -0.05) is 12.5 Å². The molecule has 0 aliphatic carbocycles. The number of hydrogen-bond acceptors (Lipinski definition) is 1. The fourth-order valence-electron chi connectivity index (χ4n) is 2.42. The minimum absolute atomic E-state index is 0.743. The molecule has 0 radical (unpaired) electrons. The Morgan fingerprint density at radius 1 is 1.15 bits per heavy atom. The molecule has 13 heavy (non-hydrogen) atoms. The Kier molecular flexibility index (Phi) is 3.39. The highest BCUT2D eigenvalue weighted by Crippen LogP contribution is 2.05. The van der Waals surface area contributed by atoms with Crippen LogP contribution in [0.4, 0.5) is 0 Å². The normalized spacial score (nSPS) is 35.7. The van der Waals surface area contributed by atoms with Crippen molar-refractivity contribution in [3.05, 3.63) is 12.2 Å². The van der Waals surface area contributed by atoms with Crippen LogP contribution in [0.3, 0.4) is 0 Å². The Bertz CT molecular complexity index is 169. The summed E-state index contributed by atoms with van der Waals surface area (Å²) in [6.45, 7) is 3.80. The van der Waals surface area contributed by atoms with E-state index >= 15 is 0 Å². The van der Waals surface area contributed by atoms with Crippen molar-refractivity contribution < 1.29 is 4.90 Å². The average Bonchev–Trinajstić information content (AvgIpc) is 2.47. The Morgan fingerprint density at radius 3 is 3.00 bits per heavy atom. The molecule has 2 heterocycles. The molecule has 74 valence electrons. The molecule has 0 aromatic rings. The van der Waals surface area contributed by atoms with Crippen LogP contribution >= 0.6 is 0 Å². The zero-order valence-corrected chi connectivity index (χ0v) is 8.39. The summed E-state index contributed by atoms with van der Waals surface area (Å²) >= 11 is 0. The second-order valence-electron chi connectivity index (χ2n) is 4.23. The molecule has 1 saturated heterocycles. The van der Waals surface area contributed by atoms with Crippen LogP contribution in [0, 0.1) is 0 Å². The minimum Gasteiger partial charge on any atom is -0.317 e. The Labute approximate surface area is 81.0 Å². The van der Waals surface area contributed by atoms with Gasteiger partial charge in [0.05, 0.1) is 13.1 Å². The van der Waals surface area contributed by atoms with E-state index in [-0.39, 0.29) is 0 Å². The van der Waals surface area contributed by atoms with Crippen molar-refractivity contribution in [2.45, 2.75) is 38.3 Å². The standard InChI is InChI=1S/C11H20N2/c1-3-7-11(12-8-4-1)13-9-5-2-6-10-13/h2,5,11-12H,1,3-4,6-10H2/p+1. The number of rotatable bonds is 1. The van der Waals surface area contributed by atoms with Crippen molar-refractivity contribution in [1.29, 1.82) is 0 Å². The average molecular weight is 181 g/mol. The Balaban J connectivity index is 1.86. The van der Waals surface area contributed by atoms with Gasteiger partial charge in [-0.2, -0.15) is 0 Å². The zero-order valence-electron chi connectivity index (χ0n) is 8.39. The number of nitrogens with one attached hydrogen (secondary N) is 2. The van der Waals surface area contributed by atoms with Gasteiger partial charge in [0.25, 0.3) is 0 Å². The largest absolute Gasteiger partial charge is 0.317 e. The monoisotopic (exact) mass is 181 g/mol. The molecule has 2 rings (SSSR count). The first-order valence-corrected chi connectivity index (χ1v) is 5.70. The molecule has 2 aliphatic rings. The van der Waals surface area contributed by atoms with E-state index in [0.717, 1.165) is 6.17 Å². The molecule has 0 saturated carbocycles. The van der Waals surface area contributed by atoms with Crippen molar-refractivity contribution in [3.63, 3.8) is 0 Å². The van der Waals surface area contributed by atoms with Crippen molar-refractivity contribution in [3.8, 4) is 0 Å². The van der Waals surface area contributed by atoms with Gasteiger partial charge in [-0.3, -0.25) is 5.32 Å². The van der Waals surface area contributed by atoms with E-state index in [1.54, 1.807) is 4.90 Å². The highest BCUT2D eigenvalue weighted by atomic mass is 15.3. The van der Waals surface area contributed by atoms with Gasteiger partial charge in [-0.15, -0.1) is 0 Å². The second kappa shape index (κ2) is 4.77. The SMILES string of the molecule is C1=CC[NH+](C2CCCCCN2)CC1. The lowest BCUT2D eigenvalue weighted by molar-refractivity contribution is -0.924. The fraction of sp³-hybridized carbons (Fsp3) is 0.818. The van der Waals surface area contributed by atoms with Crippen LogP contribution in [0.2, 0.25) is 0 Å². The van der Waals surface area contributed by atoms with Gasteiger partial charge in [0.15, 0.2) is 0 Å². The van der Waals surface area contributed by atoms with Crippen LogP contribution < -0.4 is 10.2 Å². The van der Waals surface area contributed by atoms with Crippen LogP contribution in [0.5, 0.6) is 0 Å². The Hall–Kier alpha value is -0.340. The van der Waals surface area contributed by atoms with E-state index in [1.807, 2.05) is 0 Å². The summed E-state index contributed by atoms with van der Waals surface area (Å²) in [5.41, 5.74) is 0. The summed E-state index contributed by atoms with van der Waals surface area (Å²) in [5, 5.41) is 3.68. The lowest BCUT2D eigenvalue weighted by Crippen LogP contribution is -3.17. The molecule has 0 amide bonds. The predicted octanol–water partition coefficient (Wildman–Crippen LogP) is 0.321. The molecular weight excluding hydrogens is 160 g/mol. The first-order valence-electron chi connectivity index (χ1n) is 5.70. The third kappa shape index (κ3) is 2.55. The maximum absolute atomic E-state index is 3.68. The molecule has 2 aliphatic heterocycles. The van der Waals surface area contributed by atoms with E-state index in [0.29, 0.717) is 0 Å². The van der Waals surface area contributed by atoms with Gasteiger partial charge < -0.3 is 4.90 Å². The minimum atomic E-state index is 0.743. The number of hydrogen-bond donors (Lipinski definition) is 2. The summed E-state index contributed by atoms with van der Waals surface area (Å²) in [4.78, 5) is 1.75. The summed E-state index contributed by atoms with van der Waals surface area (Å²) in [5.74, 6) is 0. The first-order chi connectivity index (χ1) is 6.47. The summed E-state index contributed by atoms with van der Waals surface area (Å²) in [7, 11) is 0. The van der Waals surface area contributed by atoms with E-state index < -0.39 is 0 Å². The van der Waals surface area contributed by atoms with E-state index in [1.165, 1.54) is 51.7 Å². The van der Waals surface area contributed by atoms with Gasteiger partial charge in [-0.25, -0.2) is 0 Å². The number of quaternary nitrogens is 1. The fourth-order valence-corrected chi connectivity index (χ4v) is 2.42. The van der Waals surface area contributed by atoms with Gasteiger partial charge in [0.1, 0.15) is 6.17 Å². The molecule has 0 bridgehead atoms. The van der Waals surface area contributed by atoms with Gasteiger partial charge >= 0.3 is 0 Å². The van der Waals surface area contributed by atoms with Crippen molar-refractivity contribution >= 4 is 0 Å². The van der Waals surface area contributed by atoms with Crippen LogP contribution in [0.15, 0.2) is 12.2 Å². The van der Waals surface area contributed by atoms with E-state index in [2.05, 4.69) is 17.5 Å². The highest BCUT2D eigenvalue weighted by Gasteiger charge is 2.22. The molecular formula is C11H21N2+. The second-order valence-corrected chi connectivity index (χ2v) is 4.23. The lowest BCUT2D eigenvalue weighted by atomic mass is 10.1. The van der Waals surface area contributed by atoms with Crippen molar-refractivity contribution in [2.75, 3.05) is 19.6 Å². The van der Waals surface area contributed by atoms with Crippen LogP contribution in [-0.4, -0.2) is 25.8 Å². The van der Waals surface area contributed by atoms with Crippen LogP contribution in [0.25, 0.3) is 0 Å². The third-order valence-electron chi connectivity index (χ3n) is 3.23. The molecule has 2 nitrogen and oxygen atoms in total. The molecule has 0 aromatic heterocycles. The summed E-state index contributed by atoms with van der Waals surface area (Å²) in [6.07, 6.45) is 12.3. The lowest BCUT2D eigenvalue weighted by Gasteiger charge is -2.28.